The van der Waals surface area contributed by atoms with Crippen molar-refractivity contribution in [3.05, 3.63) is 29.5 Å². The number of fused-ring (bicyclic) bond motifs is 1. The Bertz CT molecular complexity index is 777. The molecule has 0 spiro atoms. The van der Waals surface area contributed by atoms with Gasteiger partial charge in [-0.2, -0.15) is 10.1 Å². The Morgan fingerprint density at radius 2 is 1.62 bits per heavy atom. The minimum Gasteiger partial charge on any atom is -0.493 e. The van der Waals surface area contributed by atoms with Crippen molar-refractivity contribution in [2.75, 3.05) is 43.7 Å². The number of hydrogen-bond donors (Lipinski definition) is 0. The van der Waals surface area contributed by atoms with Gasteiger partial charge in [0.2, 0.25) is 5.95 Å². The van der Waals surface area contributed by atoms with E-state index in [4.69, 9.17) is 14.5 Å². The van der Waals surface area contributed by atoms with Crippen LogP contribution >= 0.6 is 0 Å². The minimum atomic E-state index is 0.750. The van der Waals surface area contributed by atoms with Gasteiger partial charge in [-0.15, -0.1) is 5.10 Å². The molecular formula is C19H25N5O2. The summed E-state index contributed by atoms with van der Waals surface area (Å²) in [7, 11) is 3.35. The maximum absolute atomic E-state index is 5.45. The Kier molecular flexibility index (Phi) is 4.77. The zero-order chi connectivity index (χ0) is 17.9. The average molecular weight is 355 g/mol. The zero-order valence-corrected chi connectivity index (χ0v) is 15.4. The van der Waals surface area contributed by atoms with Gasteiger partial charge in [-0.3, -0.25) is 0 Å². The first-order chi connectivity index (χ1) is 12.8. The highest BCUT2D eigenvalue weighted by molar-refractivity contribution is 5.52. The van der Waals surface area contributed by atoms with Crippen LogP contribution in [0.3, 0.4) is 0 Å². The Morgan fingerprint density at radius 1 is 0.885 bits per heavy atom. The van der Waals surface area contributed by atoms with Crippen LogP contribution in [0.5, 0.6) is 11.5 Å². The molecule has 2 aliphatic rings. The Labute approximate surface area is 154 Å². The van der Waals surface area contributed by atoms with Gasteiger partial charge in [-0.05, 0) is 48.9 Å². The molecule has 3 heterocycles. The molecule has 2 aromatic rings. The molecule has 26 heavy (non-hydrogen) atoms. The van der Waals surface area contributed by atoms with Crippen LogP contribution in [0.25, 0.3) is 0 Å². The zero-order valence-electron chi connectivity index (χ0n) is 15.4. The number of aromatic nitrogens is 3. The number of hydrogen-bond acceptors (Lipinski definition) is 7. The van der Waals surface area contributed by atoms with E-state index in [1.54, 1.807) is 20.4 Å². The van der Waals surface area contributed by atoms with Gasteiger partial charge in [0.05, 0.1) is 20.4 Å². The highest BCUT2D eigenvalue weighted by atomic mass is 16.5. The van der Waals surface area contributed by atoms with Crippen LogP contribution in [-0.4, -0.2) is 49.0 Å². The summed E-state index contributed by atoms with van der Waals surface area (Å²) in [5.74, 6) is 3.19. The summed E-state index contributed by atoms with van der Waals surface area (Å²) in [5, 5.41) is 8.47. The molecule has 1 saturated heterocycles. The number of ether oxygens (including phenoxy) is 2. The first-order valence-corrected chi connectivity index (χ1v) is 9.22. The molecule has 7 nitrogen and oxygen atoms in total. The summed E-state index contributed by atoms with van der Waals surface area (Å²) in [6.07, 6.45) is 6.40. The Hall–Kier alpha value is -2.57. The quantitative estimate of drug-likeness (QED) is 0.835. The van der Waals surface area contributed by atoms with Crippen molar-refractivity contribution >= 4 is 11.8 Å². The summed E-state index contributed by atoms with van der Waals surface area (Å²) in [6, 6.07) is 4.16. The normalized spacial score (nSPS) is 17.0. The average Bonchev–Trinajstić information content (AvgIpc) is 2.73. The summed E-state index contributed by atoms with van der Waals surface area (Å²) in [4.78, 5) is 9.29. The van der Waals surface area contributed by atoms with Crippen LogP contribution in [0.1, 0.15) is 30.4 Å². The molecule has 1 aromatic heterocycles. The number of methoxy groups -OCH3 is 2. The van der Waals surface area contributed by atoms with Crippen molar-refractivity contribution in [2.45, 2.75) is 32.2 Å². The molecule has 2 aliphatic heterocycles. The Morgan fingerprint density at radius 3 is 2.35 bits per heavy atom. The molecule has 1 fully saturated rings. The van der Waals surface area contributed by atoms with Crippen molar-refractivity contribution in [1.82, 2.24) is 15.2 Å². The first kappa shape index (κ1) is 16.9. The standard InChI is InChI=1S/C19H25N5O2/c1-25-16-10-14-6-9-24(13-15(14)11-17(16)26-2)18-12-20-22-19(21-18)23-7-4-3-5-8-23/h10-12H,3-9,13H2,1-2H3. The third-order valence-electron chi connectivity index (χ3n) is 5.22. The molecule has 7 heteroatoms. The molecule has 0 aliphatic carbocycles. The van der Waals surface area contributed by atoms with E-state index in [9.17, 15) is 0 Å². The second-order valence-corrected chi connectivity index (χ2v) is 6.81. The highest BCUT2D eigenvalue weighted by Crippen LogP contribution is 2.34. The van der Waals surface area contributed by atoms with Gasteiger partial charge >= 0.3 is 0 Å². The van der Waals surface area contributed by atoms with Crippen LogP contribution in [0.4, 0.5) is 11.8 Å². The molecule has 0 atom stereocenters. The molecule has 0 bridgehead atoms. The smallest absolute Gasteiger partial charge is 0.247 e. The van der Waals surface area contributed by atoms with E-state index in [0.29, 0.717) is 0 Å². The molecule has 1 aromatic carbocycles. The predicted molar refractivity (Wildman–Crippen MR) is 100 cm³/mol. The summed E-state index contributed by atoms with van der Waals surface area (Å²) in [6.45, 7) is 3.73. The summed E-state index contributed by atoms with van der Waals surface area (Å²) >= 11 is 0. The molecule has 0 unspecified atom stereocenters. The molecule has 4 rings (SSSR count). The molecular weight excluding hydrogens is 330 g/mol. The number of anilines is 2. The molecule has 138 valence electrons. The summed E-state index contributed by atoms with van der Waals surface area (Å²) in [5.41, 5.74) is 2.55. The van der Waals surface area contributed by atoms with Crippen molar-refractivity contribution in [1.29, 1.82) is 0 Å². The lowest BCUT2D eigenvalue weighted by atomic mass is 9.99. The molecule has 0 N–H and O–H groups in total. The van der Waals surface area contributed by atoms with Crippen LogP contribution < -0.4 is 19.3 Å². The summed E-state index contributed by atoms with van der Waals surface area (Å²) < 4.78 is 10.9. The fourth-order valence-electron chi connectivity index (χ4n) is 3.74. The molecule has 0 amide bonds. The third kappa shape index (κ3) is 3.25. The largest absolute Gasteiger partial charge is 0.493 e. The number of benzene rings is 1. The van der Waals surface area contributed by atoms with Gasteiger partial charge in [0.1, 0.15) is 0 Å². The lowest BCUT2D eigenvalue weighted by Crippen LogP contribution is -2.34. The van der Waals surface area contributed by atoms with Crippen LogP contribution in [0.15, 0.2) is 18.3 Å². The predicted octanol–water partition coefficient (Wildman–Crippen LogP) is 2.44. The van der Waals surface area contributed by atoms with E-state index >= 15 is 0 Å². The van der Waals surface area contributed by atoms with Gasteiger partial charge in [-0.25, -0.2) is 0 Å². The van der Waals surface area contributed by atoms with Gasteiger partial charge < -0.3 is 19.3 Å². The molecule has 0 saturated carbocycles. The second kappa shape index (κ2) is 7.35. The van der Waals surface area contributed by atoms with E-state index in [2.05, 4.69) is 32.1 Å². The second-order valence-electron chi connectivity index (χ2n) is 6.81. The van der Waals surface area contributed by atoms with E-state index < -0.39 is 0 Å². The maximum Gasteiger partial charge on any atom is 0.247 e. The Balaban J connectivity index is 1.57. The van der Waals surface area contributed by atoms with Crippen LogP contribution in [0, 0.1) is 0 Å². The van der Waals surface area contributed by atoms with Crippen molar-refractivity contribution < 1.29 is 9.47 Å². The van der Waals surface area contributed by atoms with Crippen molar-refractivity contribution in [3.63, 3.8) is 0 Å². The topological polar surface area (TPSA) is 63.6 Å². The van der Waals surface area contributed by atoms with Crippen molar-refractivity contribution in [3.8, 4) is 11.5 Å². The molecule has 0 radical (unpaired) electrons. The minimum absolute atomic E-state index is 0.750. The number of piperidine rings is 1. The fraction of sp³-hybridized carbons (Fsp3) is 0.526. The van der Waals surface area contributed by atoms with Gasteiger partial charge in [0, 0.05) is 26.2 Å². The maximum atomic E-state index is 5.45. The van der Waals surface area contributed by atoms with Crippen LogP contribution in [-0.2, 0) is 13.0 Å². The third-order valence-corrected chi connectivity index (χ3v) is 5.22. The lowest BCUT2D eigenvalue weighted by Gasteiger charge is -2.31. The van der Waals surface area contributed by atoms with E-state index in [0.717, 1.165) is 55.9 Å². The van der Waals surface area contributed by atoms with Crippen LogP contribution in [0.2, 0.25) is 0 Å². The van der Waals surface area contributed by atoms with E-state index in [-0.39, 0.29) is 0 Å². The van der Waals surface area contributed by atoms with Gasteiger partial charge in [-0.1, -0.05) is 0 Å². The van der Waals surface area contributed by atoms with Gasteiger partial charge in [0.25, 0.3) is 0 Å². The van der Waals surface area contributed by atoms with E-state index in [1.165, 1.54) is 30.4 Å². The number of nitrogens with zero attached hydrogens (tertiary/aromatic N) is 5. The van der Waals surface area contributed by atoms with Crippen molar-refractivity contribution in [2.24, 2.45) is 0 Å². The fourth-order valence-corrected chi connectivity index (χ4v) is 3.74. The highest BCUT2D eigenvalue weighted by Gasteiger charge is 2.22. The first-order valence-electron chi connectivity index (χ1n) is 9.22. The monoisotopic (exact) mass is 355 g/mol. The SMILES string of the molecule is COc1cc2c(cc1OC)CN(c1cnnc(N3CCCCC3)n1)CC2. The lowest BCUT2D eigenvalue weighted by molar-refractivity contribution is 0.353. The van der Waals surface area contributed by atoms with Gasteiger partial charge in [0.15, 0.2) is 17.3 Å². The van der Waals surface area contributed by atoms with E-state index in [1.807, 2.05) is 0 Å². The number of rotatable bonds is 4.